The summed E-state index contributed by atoms with van der Waals surface area (Å²) in [7, 11) is 0. The van der Waals surface area contributed by atoms with Crippen molar-refractivity contribution in [3.8, 4) is 11.5 Å². The van der Waals surface area contributed by atoms with Gasteiger partial charge in [0.2, 0.25) is 5.95 Å². The Bertz CT molecular complexity index is 647. The van der Waals surface area contributed by atoms with Gasteiger partial charge in [0.15, 0.2) is 11.5 Å². The molecule has 1 aromatic carbocycles. The summed E-state index contributed by atoms with van der Waals surface area (Å²) >= 11 is 3.60. The van der Waals surface area contributed by atoms with Gasteiger partial charge in [-0.3, -0.25) is 0 Å². The van der Waals surface area contributed by atoms with Crippen molar-refractivity contribution in [2.75, 3.05) is 18.5 Å². The number of benzene rings is 1. The highest BCUT2D eigenvalue weighted by Gasteiger charge is 2.12. The molecule has 0 spiro atoms. The lowest BCUT2D eigenvalue weighted by atomic mass is 10.2. The Morgan fingerprint density at radius 1 is 1.12 bits per heavy atom. The lowest BCUT2D eigenvalue weighted by Gasteiger charge is -2.15. The number of hydrogen-bond acceptors (Lipinski definition) is 6. The van der Waals surface area contributed by atoms with E-state index in [1.165, 1.54) is 0 Å². The van der Waals surface area contributed by atoms with Crippen molar-refractivity contribution in [3.63, 3.8) is 0 Å². The molecular formula is C16H24BrN5O2. The Kier molecular flexibility index (Phi) is 7.30. The zero-order valence-electron chi connectivity index (χ0n) is 14.4. The third-order valence-electron chi connectivity index (χ3n) is 3.28. The van der Waals surface area contributed by atoms with Gasteiger partial charge in [0.1, 0.15) is 0 Å². The number of ether oxygens (including phenoxy) is 2. The highest BCUT2D eigenvalue weighted by molar-refractivity contribution is 9.10. The van der Waals surface area contributed by atoms with Crippen molar-refractivity contribution in [1.29, 1.82) is 0 Å². The van der Waals surface area contributed by atoms with Crippen molar-refractivity contribution in [3.05, 3.63) is 22.2 Å². The average molecular weight is 398 g/mol. The zero-order chi connectivity index (χ0) is 17.4. The van der Waals surface area contributed by atoms with Crippen LogP contribution in [0.15, 0.2) is 16.6 Å². The van der Waals surface area contributed by atoms with Gasteiger partial charge in [-0.2, -0.15) is 0 Å². The fraction of sp³-hybridized carbons (Fsp3) is 0.562. The van der Waals surface area contributed by atoms with E-state index in [2.05, 4.69) is 50.6 Å². The van der Waals surface area contributed by atoms with E-state index in [1.54, 1.807) is 4.68 Å². The van der Waals surface area contributed by atoms with Crippen LogP contribution in [0.25, 0.3) is 0 Å². The van der Waals surface area contributed by atoms with Crippen LogP contribution in [0.5, 0.6) is 11.5 Å². The fourth-order valence-corrected chi connectivity index (χ4v) is 2.64. The van der Waals surface area contributed by atoms with Crippen LogP contribution in [0.3, 0.4) is 0 Å². The first kappa shape index (κ1) is 18.5. The first-order valence-corrected chi connectivity index (χ1v) is 9.06. The molecule has 2 aromatic rings. The van der Waals surface area contributed by atoms with E-state index < -0.39 is 0 Å². The molecule has 1 N–H and O–H groups in total. The SMILES string of the molecule is CCCOc1cc(Br)c(CNc2nnnn2CCC)cc1OCC. The van der Waals surface area contributed by atoms with E-state index in [9.17, 15) is 0 Å². The van der Waals surface area contributed by atoms with Gasteiger partial charge < -0.3 is 14.8 Å². The molecule has 7 nitrogen and oxygen atoms in total. The number of aryl methyl sites for hydroxylation is 1. The largest absolute Gasteiger partial charge is 0.490 e. The molecule has 0 saturated carbocycles. The van der Waals surface area contributed by atoms with Gasteiger partial charge in [-0.05, 0) is 47.9 Å². The Labute approximate surface area is 150 Å². The van der Waals surface area contributed by atoms with Gasteiger partial charge >= 0.3 is 0 Å². The van der Waals surface area contributed by atoms with E-state index in [1.807, 2.05) is 19.1 Å². The number of rotatable bonds is 10. The molecule has 0 bridgehead atoms. The normalized spacial score (nSPS) is 10.7. The number of hydrogen-bond donors (Lipinski definition) is 1. The number of tetrazole rings is 1. The highest BCUT2D eigenvalue weighted by Crippen LogP contribution is 2.34. The maximum atomic E-state index is 5.76. The third-order valence-corrected chi connectivity index (χ3v) is 4.02. The summed E-state index contributed by atoms with van der Waals surface area (Å²) < 4.78 is 14.2. The standard InChI is InChI=1S/C16H24BrN5O2/c1-4-7-22-16(19-20-21-22)18-11-12-9-14(23-6-3)15(10-13(12)17)24-8-5-2/h9-10H,4-8,11H2,1-3H3,(H,18,19,21). The minimum atomic E-state index is 0.582. The number of aromatic nitrogens is 4. The summed E-state index contributed by atoms with van der Waals surface area (Å²) in [4.78, 5) is 0. The molecule has 1 aromatic heterocycles. The highest BCUT2D eigenvalue weighted by atomic mass is 79.9. The molecule has 0 saturated heterocycles. The smallest absolute Gasteiger partial charge is 0.243 e. The second-order valence-electron chi connectivity index (χ2n) is 5.25. The number of halogens is 1. The molecule has 1 heterocycles. The molecule has 2 rings (SSSR count). The topological polar surface area (TPSA) is 74.1 Å². The first-order chi connectivity index (χ1) is 11.7. The molecule has 0 fully saturated rings. The van der Waals surface area contributed by atoms with E-state index in [4.69, 9.17) is 9.47 Å². The van der Waals surface area contributed by atoms with E-state index in [0.717, 1.165) is 40.9 Å². The van der Waals surface area contributed by atoms with Crippen LogP contribution < -0.4 is 14.8 Å². The van der Waals surface area contributed by atoms with Crippen molar-refractivity contribution in [1.82, 2.24) is 20.2 Å². The predicted octanol–water partition coefficient (Wildman–Crippen LogP) is 3.65. The Balaban J connectivity index is 2.14. The molecular weight excluding hydrogens is 374 g/mol. The van der Waals surface area contributed by atoms with Gasteiger partial charge in [-0.25, -0.2) is 4.68 Å². The predicted molar refractivity (Wildman–Crippen MR) is 96.5 cm³/mol. The van der Waals surface area contributed by atoms with Gasteiger partial charge in [0.05, 0.1) is 13.2 Å². The van der Waals surface area contributed by atoms with Crippen LogP contribution in [-0.4, -0.2) is 33.4 Å². The molecule has 0 unspecified atom stereocenters. The molecule has 0 radical (unpaired) electrons. The molecule has 24 heavy (non-hydrogen) atoms. The number of nitrogens with zero attached hydrogens (tertiary/aromatic N) is 4. The minimum Gasteiger partial charge on any atom is -0.490 e. The van der Waals surface area contributed by atoms with Crippen molar-refractivity contribution >= 4 is 21.9 Å². The second kappa shape index (κ2) is 9.46. The van der Waals surface area contributed by atoms with Crippen LogP contribution in [0.4, 0.5) is 5.95 Å². The Morgan fingerprint density at radius 3 is 2.62 bits per heavy atom. The lowest BCUT2D eigenvalue weighted by Crippen LogP contribution is -2.09. The third kappa shape index (κ3) is 4.83. The summed E-state index contributed by atoms with van der Waals surface area (Å²) in [6, 6.07) is 3.94. The fourth-order valence-electron chi connectivity index (χ4n) is 2.17. The van der Waals surface area contributed by atoms with Crippen molar-refractivity contribution in [2.24, 2.45) is 0 Å². The van der Waals surface area contributed by atoms with Crippen LogP contribution in [0, 0.1) is 0 Å². The summed E-state index contributed by atoms with van der Waals surface area (Å²) in [5.74, 6) is 2.16. The molecule has 132 valence electrons. The lowest BCUT2D eigenvalue weighted by molar-refractivity contribution is 0.276. The van der Waals surface area contributed by atoms with Gasteiger partial charge in [-0.15, -0.1) is 0 Å². The monoisotopic (exact) mass is 397 g/mol. The van der Waals surface area contributed by atoms with Crippen molar-refractivity contribution < 1.29 is 9.47 Å². The average Bonchev–Trinajstić information content (AvgIpc) is 3.01. The van der Waals surface area contributed by atoms with Gasteiger partial charge in [0, 0.05) is 17.6 Å². The van der Waals surface area contributed by atoms with E-state index >= 15 is 0 Å². The molecule has 0 amide bonds. The van der Waals surface area contributed by atoms with E-state index in [0.29, 0.717) is 25.7 Å². The molecule has 0 aliphatic rings. The maximum Gasteiger partial charge on any atom is 0.243 e. The summed E-state index contributed by atoms with van der Waals surface area (Å²) in [5.41, 5.74) is 1.05. The zero-order valence-corrected chi connectivity index (χ0v) is 16.0. The second-order valence-corrected chi connectivity index (χ2v) is 6.11. The Hall–Kier alpha value is -1.83. The van der Waals surface area contributed by atoms with Crippen LogP contribution >= 0.6 is 15.9 Å². The molecule has 0 atom stereocenters. The number of nitrogens with one attached hydrogen (secondary N) is 1. The van der Waals surface area contributed by atoms with Crippen LogP contribution in [0.1, 0.15) is 39.2 Å². The van der Waals surface area contributed by atoms with Crippen LogP contribution in [0.2, 0.25) is 0 Å². The summed E-state index contributed by atoms with van der Waals surface area (Å²) in [6.07, 6.45) is 1.92. The molecule has 0 aliphatic carbocycles. The summed E-state index contributed by atoms with van der Waals surface area (Å²) in [6.45, 7) is 8.74. The Morgan fingerprint density at radius 2 is 1.92 bits per heavy atom. The van der Waals surface area contributed by atoms with Gasteiger partial charge in [-0.1, -0.05) is 34.9 Å². The van der Waals surface area contributed by atoms with Crippen molar-refractivity contribution in [2.45, 2.75) is 46.7 Å². The first-order valence-electron chi connectivity index (χ1n) is 8.27. The quantitative estimate of drug-likeness (QED) is 0.659. The maximum absolute atomic E-state index is 5.76. The number of anilines is 1. The molecule has 8 heteroatoms. The molecule has 0 aliphatic heterocycles. The summed E-state index contributed by atoms with van der Waals surface area (Å²) in [5, 5.41) is 15.0. The van der Waals surface area contributed by atoms with Gasteiger partial charge in [0.25, 0.3) is 0 Å². The van der Waals surface area contributed by atoms with E-state index in [-0.39, 0.29) is 0 Å². The van der Waals surface area contributed by atoms with Crippen LogP contribution in [-0.2, 0) is 13.1 Å². The minimum absolute atomic E-state index is 0.582.